The van der Waals surface area contributed by atoms with Crippen molar-refractivity contribution >= 4 is 23.2 Å². The molecule has 32 heavy (non-hydrogen) atoms. The van der Waals surface area contributed by atoms with Crippen LogP contribution < -0.4 is 10.2 Å². The highest BCUT2D eigenvalue weighted by molar-refractivity contribution is 6.32. The summed E-state index contributed by atoms with van der Waals surface area (Å²) in [5.74, 6) is -3.01. The van der Waals surface area contributed by atoms with Gasteiger partial charge in [0.1, 0.15) is 24.4 Å². The second-order valence-corrected chi connectivity index (χ2v) is 8.06. The molecule has 0 radical (unpaired) electrons. The molecule has 1 saturated heterocycles. The second-order valence-electron chi connectivity index (χ2n) is 7.65. The number of rotatable bonds is 5. The zero-order chi connectivity index (χ0) is 23.7. The van der Waals surface area contributed by atoms with Gasteiger partial charge in [0.25, 0.3) is 5.69 Å². The van der Waals surface area contributed by atoms with Gasteiger partial charge in [0.2, 0.25) is 0 Å². The van der Waals surface area contributed by atoms with Crippen LogP contribution in [0.2, 0.25) is 5.02 Å². The fourth-order valence-corrected chi connectivity index (χ4v) is 3.73. The van der Waals surface area contributed by atoms with Gasteiger partial charge in [0.15, 0.2) is 11.6 Å². The molecule has 1 fully saturated rings. The Balaban J connectivity index is 1.93. The summed E-state index contributed by atoms with van der Waals surface area (Å²) in [5.41, 5.74) is 0.627. The third-order valence-corrected chi connectivity index (χ3v) is 5.41. The van der Waals surface area contributed by atoms with E-state index >= 15 is 0 Å². The van der Waals surface area contributed by atoms with Crippen LogP contribution in [-0.2, 0) is 6.18 Å². The van der Waals surface area contributed by atoms with Crippen LogP contribution in [0.5, 0.6) is 11.5 Å². The lowest BCUT2D eigenvalue weighted by Gasteiger charge is -2.36. The van der Waals surface area contributed by atoms with Crippen LogP contribution in [0.25, 0.3) is 0 Å². The Morgan fingerprint density at radius 1 is 1.19 bits per heavy atom. The molecule has 12 heteroatoms. The Morgan fingerprint density at radius 2 is 1.84 bits per heavy atom. The summed E-state index contributed by atoms with van der Waals surface area (Å²) < 4.78 is 58.2. The molecule has 0 aliphatic carbocycles. The average Bonchev–Trinajstić information content (AvgIpc) is 2.69. The number of nitro groups is 1. The van der Waals surface area contributed by atoms with E-state index in [0.29, 0.717) is 19.2 Å². The first-order valence-corrected chi connectivity index (χ1v) is 9.97. The molecular formula is C20H19ClF4N3O4+. The van der Waals surface area contributed by atoms with Crippen molar-refractivity contribution in [1.29, 1.82) is 0 Å². The molecule has 172 valence electrons. The van der Waals surface area contributed by atoms with Crippen LogP contribution in [0.15, 0.2) is 30.3 Å². The largest absolute Gasteiger partial charge is 0.453 e. The number of quaternary nitrogens is 1. The van der Waals surface area contributed by atoms with Crippen molar-refractivity contribution in [2.45, 2.75) is 25.4 Å². The van der Waals surface area contributed by atoms with Crippen molar-refractivity contribution in [3.8, 4) is 11.5 Å². The van der Waals surface area contributed by atoms with E-state index in [-0.39, 0.29) is 22.0 Å². The van der Waals surface area contributed by atoms with Gasteiger partial charge < -0.3 is 4.74 Å². The zero-order valence-electron chi connectivity index (χ0n) is 16.8. The van der Waals surface area contributed by atoms with E-state index in [1.807, 2.05) is 0 Å². The average molecular weight is 477 g/mol. The predicted octanol–water partition coefficient (Wildman–Crippen LogP) is 5.47. The van der Waals surface area contributed by atoms with Crippen molar-refractivity contribution in [2.75, 3.05) is 20.1 Å². The fourth-order valence-electron chi connectivity index (χ4n) is 3.49. The van der Waals surface area contributed by atoms with Crippen LogP contribution in [0.3, 0.4) is 0 Å². The van der Waals surface area contributed by atoms with E-state index in [1.165, 1.54) is 0 Å². The number of carbonyl (C=O) groups is 1. The molecule has 1 aliphatic heterocycles. The van der Waals surface area contributed by atoms with E-state index in [9.17, 15) is 32.5 Å². The number of hydrogen-bond acceptors (Lipinski definition) is 4. The van der Waals surface area contributed by atoms with Gasteiger partial charge in [0, 0.05) is 12.1 Å². The summed E-state index contributed by atoms with van der Waals surface area (Å²) >= 11 is 5.77. The van der Waals surface area contributed by atoms with Crippen molar-refractivity contribution in [3.05, 3.63) is 62.4 Å². The molecule has 7 nitrogen and oxygen atoms in total. The van der Waals surface area contributed by atoms with E-state index in [0.717, 1.165) is 37.5 Å². The van der Waals surface area contributed by atoms with Crippen LogP contribution >= 0.6 is 11.6 Å². The number of nitrogens with zero attached hydrogens (tertiary/aromatic N) is 2. The van der Waals surface area contributed by atoms with Gasteiger partial charge in [0.05, 0.1) is 22.6 Å². The first-order chi connectivity index (χ1) is 14.9. The molecule has 2 aromatic rings. The molecule has 0 spiro atoms. The molecule has 2 aromatic carbocycles. The number of nitrogens with one attached hydrogen (secondary N) is 1. The molecule has 0 atom stereocenters. The molecule has 0 aromatic heterocycles. The van der Waals surface area contributed by atoms with Gasteiger partial charge in [-0.2, -0.15) is 18.6 Å². The maximum absolute atomic E-state index is 14.3. The first-order valence-electron chi connectivity index (χ1n) is 9.59. The Labute approximate surface area is 185 Å². The summed E-state index contributed by atoms with van der Waals surface area (Å²) in [5, 5.41) is 10.8. The highest BCUT2D eigenvalue weighted by atomic mass is 35.5. The minimum Gasteiger partial charge on any atom is -0.453 e. The molecule has 0 bridgehead atoms. The van der Waals surface area contributed by atoms with E-state index in [1.54, 1.807) is 7.05 Å². The van der Waals surface area contributed by atoms with Gasteiger partial charge in [-0.15, -0.1) is 0 Å². The topological polar surface area (TPSA) is 81.5 Å². The fraction of sp³-hybridized carbons (Fsp3) is 0.350. The van der Waals surface area contributed by atoms with Gasteiger partial charge in [-0.25, -0.2) is 8.98 Å². The number of hydrogen-bond donors (Lipinski definition) is 1. The van der Waals surface area contributed by atoms with Crippen LogP contribution in [0.1, 0.15) is 35.2 Å². The molecular weight excluding hydrogens is 458 g/mol. The predicted molar refractivity (Wildman–Crippen MR) is 107 cm³/mol. The Bertz CT molecular complexity index is 1030. The van der Waals surface area contributed by atoms with Crippen molar-refractivity contribution in [2.24, 2.45) is 0 Å². The highest BCUT2D eigenvalue weighted by Crippen LogP contribution is 2.39. The lowest BCUT2D eigenvalue weighted by molar-refractivity contribution is -0.947. The molecule has 0 saturated carbocycles. The number of alkyl halides is 3. The summed E-state index contributed by atoms with van der Waals surface area (Å²) in [7, 11) is 1.79. The van der Waals surface area contributed by atoms with Gasteiger partial charge >= 0.3 is 12.1 Å². The van der Waals surface area contributed by atoms with Gasteiger partial charge in [-0.1, -0.05) is 11.6 Å². The summed E-state index contributed by atoms with van der Waals surface area (Å²) in [4.78, 5) is 23.5. The van der Waals surface area contributed by atoms with E-state index < -0.39 is 44.8 Å². The monoisotopic (exact) mass is 476 g/mol. The summed E-state index contributed by atoms with van der Waals surface area (Å²) in [6.45, 7) is 1.31. The summed E-state index contributed by atoms with van der Waals surface area (Å²) in [6, 6.07) is 3.84. The molecule has 1 amide bonds. The van der Waals surface area contributed by atoms with Gasteiger partial charge in [-0.05, 0) is 37.5 Å². The lowest BCUT2D eigenvalue weighted by atomic mass is 10.1. The number of benzene rings is 2. The Hall–Kier alpha value is -2.92. The van der Waals surface area contributed by atoms with Crippen molar-refractivity contribution < 1.29 is 36.6 Å². The summed E-state index contributed by atoms with van der Waals surface area (Å²) in [6.07, 6.45) is -2.02. The smallest absolute Gasteiger partial charge is 0.416 e. The van der Waals surface area contributed by atoms with Crippen LogP contribution in [-0.4, -0.2) is 35.6 Å². The molecule has 1 aliphatic rings. The van der Waals surface area contributed by atoms with E-state index in [2.05, 4.69) is 5.43 Å². The SMILES string of the molecule is C[N+]1(NC(=O)c2cc(Oc3c(F)cc(C(F)(F)F)cc3Cl)ccc2[N+](=O)[O-])CCCCC1. The molecule has 0 unspecified atom stereocenters. The maximum atomic E-state index is 14.3. The minimum atomic E-state index is -4.81. The number of halogens is 5. The van der Waals surface area contributed by atoms with E-state index in [4.69, 9.17) is 16.3 Å². The highest BCUT2D eigenvalue weighted by Gasteiger charge is 2.33. The number of carbonyl (C=O) groups excluding carboxylic acids is 1. The Kier molecular flexibility index (Phi) is 6.61. The first kappa shape index (κ1) is 23.7. The second kappa shape index (κ2) is 8.91. The minimum absolute atomic E-state index is 0.195. The van der Waals surface area contributed by atoms with Crippen molar-refractivity contribution in [1.82, 2.24) is 5.43 Å². The molecule has 3 rings (SSSR count). The standard InChI is InChI=1S/C20H18ClF4N3O4/c1-28(7-3-2-4-8-28)26-19(29)14-11-13(5-6-17(14)27(30)31)32-18-15(21)9-12(10-16(18)22)20(23,24)25/h5-6,9-11H,2-4,7-8H2,1H3/p+1. The number of nitro benzene ring substituents is 1. The number of amides is 1. The molecule has 1 N–H and O–H groups in total. The Morgan fingerprint density at radius 3 is 2.41 bits per heavy atom. The van der Waals surface area contributed by atoms with Crippen LogP contribution in [0, 0.1) is 15.9 Å². The zero-order valence-corrected chi connectivity index (χ0v) is 17.6. The van der Waals surface area contributed by atoms with Crippen molar-refractivity contribution in [3.63, 3.8) is 0 Å². The quantitative estimate of drug-likeness (QED) is 0.268. The molecule has 1 heterocycles. The number of likely N-dealkylation sites (tertiary alicyclic amines) is 1. The van der Waals surface area contributed by atoms with Crippen LogP contribution in [0.4, 0.5) is 23.2 Å². The number of ether oxygens (including phenoxy) is 1. The number of piperidine rings is 1. The maximum Gasteiger partial charge on any atom is 0.416 e. The third kappa shape index (κ3) is 5.28. The van der Waals surface area contributed by atoms with Gasteiger partial charge in [-0.3, -0.25) is 14.9 Å². The lowest BCUT2D eigenvalue weighted by Crippen LogP contribution is -2.59. The normalized spacial score (nSPS) is 15.8. The third-order valence-electron chi connectivity index (χ3n) is 5.13.